The van der Waals surface area contributed by atoms with Gasteiger partial charge >= 0.3 is 0 Å². The van der Waals surface area contributed by atoms with Gasteiger partial charge in [0.05, 0.1) is 5.69 Å². The Balaban J connectivity index is 1.12. The quantitative estimate of drug-likeness (QED) is 0.198. The van der Waals surface area contributed by atoms with E-state index in [-0.39, 0.29) is 5.92 Å². The Morgan fingerprint density at radius 3 is 2.29 bits per heavy atom. The monoisotopic (exact) mass is 575 g/mol. The largest absolute Gasteiger partial charge is 0.313 e. The van der Waals surface area contributed by atoms with Gasteiger partial charge in [0.15, 0.2) is 0 Å². The van der Waals surface area contributed by atoms with Gasteiger partial charge in [0.1, 0.15) is 0 Å². The molecule has 0 saturated carbocycles. The van der Waals surface area contributed by atoms with Crippen LogP contribution in [0, 0.1) is 5.92 Å². The smallest absolute Gasteiger partial charge is 0.0543 e. The summed E-state index contributed by atoms with van der Waals surface area (Å²) in [7, 11) is 0. The lowest BCUT2D eigenvalue weighted by molar-refractivity contribution is 0.735. The Bertz CT molecular complexity index is 2210. The van der Waals surface area contributed by atoms with Crippen molar-refractivity contribution in [1.29, 1.82) is 0 Å². The van der Waals surface area contributed by atoms with Crippen molar-refractivity contribution in [3.63, 3.8) is 0 Å². The minimum Gasteiger partial charge on any atom is -0.313 e. The second-order valence-corrected chi connectivity index (χ2v) is 12.5. The van der Waals surface area contributed by atoms with E-state index in [1.54, 1.807) is 0 Å². The van der Waals surface area contributed by atoms with Crippen LogP contribution in [0.2, 0.25) is 0 Å². The molecule has 45 heavy (non-hydrogen) atoms. The van der Waals surface area contributed by atoms with Gasteiger partial charge in [-0.1, -0.05) is 140 Å². The Labute approximate surface area is 264 Å². The van der Waals surface area contributed by atoms with Gasteiger partial charge in [-0.05, 0) is 81.1 Å². The Hall–Kier alpha value is -5.40. The highest BCUT2D eigenvalue weighted by molar-refractivity contribution is 6.10. The van der Waals surface area contributed by atoms with Crippen molar-refractivity contribution in [2.24, 2.45) is 5.92 Å². The molecule has 6 aromatic carbocycles. The number of hydrogen-bond acceptors (Lipinski definition) is 1. The standard InChI is InChI=1S/C44H33N/c1-2-11-32(12-3-1)40(37-23-22-31-10-4-5-13-34(31)27-37)26-30-20-24-38(25-21-30)45-42-19-9-17-33-16-8-18-39(44(33)42)41-28-35-14-6-7-15-36(35)29-43(41)45/h1-25,27-28,36,40H,26,29H2/t36?,40-/m0/s1. The van der Waals surface area contributed by atoms with Gasteiger partial charge in [0.25, 0.3) is 0 Å². The molecule has 2 aliphatic carbocycles. The fourth-order valence-electron chi connectivity index (χ4n) is 7.68. The van der Waals surface area contributed by atoms with Gasteiger partial charge in [-0.3, -0.25) is 0 Å². The van der Waals surface area contributed by atoms with E-state index in [1.165, 1.54) is 72.0 Å². The summed E-state index contributed by atoms with van der Waals surface area (Å²) in [4.78, 5) is 2.53. The molecule has 1 unspecified atom stereocenters. The molecule has 1 nitrogen and oxygen atoms in total. The summed E-state index contributed by atoms with van der Waals surface area (Å²) in [5.41, 5.74) is 12.1. The molecule has 1 heterocycles. The first-order valence-electron chi connectivity index (χ1n) is 16.0. The highest BCUT2D eigenvalue weighted by Crippen LogP contribution is 2.50. The zero-order valence-electron chi connectivity index (χ0n) is 25.1. The third-order valence-electron chi connectivity index (χ3n) is 9.90. The molecule has 0 radical (unpaired) electrons. The highest BCUT2D eigenvalue weighted by atomic mass is 15.2. The van der Waals surface area contributed by atoms with E-state index in [2.05, 4.69) is 169 Å². The molecule has 1 heteroatoms. The van der Waals surface area contributed by atoms with Gasteiger partial charge in [0, 0.05) is 34.2 Å². The Morgan fingerprint density at radius 2 is 1.42 bits per heavy atom. The van der Waals surface area contributed by atoms with Crippen molar-refractivity contribution in [2.75, 3.05) is 4.90 Å². The average molecular weight is 576 g/mol. The fourth-order valence-corrected chi connectivity index (χ4v) is 7.68. The molecule has 0 saturated heterocycles. The summed E-state index contributed by atoms with van der Waals surface area (Å²) in [5, 5.41) is 5.21. The molecule has 1 aliphatic heterocycles. The van der Waals surface area contributed by atoms with Crippen molar-refractivity contribution in [3.8, 4) is 0 Å². The van der Waals surface area contributed by atoms with Gasteiger partial charge in [-0.25, -0.2) is 0 Å². The van der Waals surface area contributed by atoms with E-state index in [4.69, 9.17) is 0 Å². The van der Waals surface area contributed by atoms with Crippen molar-refractivity contribution in [1.82, 2.24) is 0 Å². The maximum Gasteiger partial charge on any atom is 0.0543 e. The lowest BCUT2D eigenvalue weighted by atomic mass is 9.78. The van der Waals surface area contributed by atoms with Crippen molar-refractivity contribution >= 4 is 38.5 Å². The molecule has 0 bridgehead atoms. The molecule has 214 valence electrons. The van der Waals surface area contributed by atoms with Crippen LogP contribution in [0.1, 0.15) is 34.6 Å². The lowest BCUT2D eigenvalue weighted by Crippen LogP contribution is -2.26. The summed E-state index contributed by atoms with van der Waals surface area (Å²) in [5.74, 6) is 0.688. The van der Waals surface area contributed by atoms with Crippen molar-refractivity contribution in [2.45, 2.75) is 18.8 Å². The van der Waals surface area contributed by atoms with Crippen LogP contribution in [0.5, 0.6) is 0 Å². The summed E-state index contributed by atoms with van der Waals surface area (Å²) in [6.07, 6.45) is 13.4. The number of nitrogens with zero attached hydrogens (tertiary/aromatic N) is 1. The van der Waals surface area contributed by atoms with Crippen LogP contribution in [-0.4, -0.2) is 0 Å². The summed E-state index contributed by atoms with van der Waals surface area (Å²) in [6, 6.07) is 49.5. The Kier molecular flexibility index (Phi) is 6.16. The van der Waals surface area contributed by atoms with Crippen LogP contribution in [0.15, 0.2) is 175 Å². The predicted octanol–water partition coefficient (Wildman–Crippen LogP) is 11.3. The van der Waals surface area contributed by atoms with E-state index in [1.807, 2.05) is 0 Å². The maximum absolute atomic E-state index is 2.53. The summed E-state index contributed by atoms with van der Waals surface area (Å²) in [6.45, 7) is 0. The predicted molar refractivity (Wildman–Crippen MR) is 190 cm³/mol. The lowest BCUT2D eigenvalue weighted by Gasteiger charge is -2.39. The molecule has 6 aromatic rings. The number of anilines is 2. The normalized spacial score (nSPS) is 17.3. The molecule has 0 aromatic heterocycles. The van der Waals surface area contributed by atoms with Gasteiger partial charge < -0.3 is 4.90 Å². The maximum atomic E-state index is 2.53. The SMILES string of the molecule is C1=CC2=CC3=C(CC2C=C1)N(c1ccc(C[C@@H](c2ccccc2)c2ccc4ccccc4c2)cc1)c1cccc2cccc3c12. The molecule has 0 spiro atoms. The van der Waals surface area contributed by atoms with Crippen molar-refractivity contribution < 1.29 is 0 Å². The molecule has 0 amide bonds. The number of hydrogen-bond donors (Lipinski definition) is 0. The third kappa shape index (κ3) is 4.47. The fraction of sp³-hybridized carbons (Fsp3) is 0.0909. The highest BCUT2D eigenvalue weighted by Gasteiger charge is 2.32. The average Bonchev–Trinajstić information content (AvgIpc) is 3.11. The number of fused-ring (bicyclic) bond motifs is 3. The second-order valence-electron chi connectivity index (χ2n) is 12.5. The van der Waals surface area contributed by atoms with Crippen LogP contribution in [0.4, 0.5) is 11.4 Å². The van der Waals surface area contributed by atoms with Gasteiger partial charge in [-0.15, -0.1) is 0 Å². The summed E-state index contributed by atoms with van der Waals surface area (Å²) < 4.78 is 0. The molecule has 3 aliphatic rings. The van der Waals surface area contributed by atoms with Crippen LogP contribution in [0.25, 0.3) is 27.1 Å². The molecule has 0 fully saturated rings. The third-order valence-corrected chi connectivity index (χ3v) is 9.90. The summed E-state index contributed by atoms with van der Waals surface area (Å²) >= 11 is 0. The first kappa shape index (κ1) is 26.0. The topological polar surface area (TPSA) is 3.24 Å². The number of rotatable bonds is 5. The van der Waals surface area contributed by atoms with Gasteiger partial charge in [0.2, 0.25) is 0 Å². The van der Waals surface area contributed by atoms with Crippen LogP contribution >= 0.6 is 0 Å². The first-order valence-corrected chi connectivity index (χ1v) is 16.0. The van der Waals surface area contributed by atoms with E-state index in [0.717, 1.165) is 12.8 Å². The van der Waals surface area contributed by atoms with Crippen molar-refractivity contribution in [3.05, 3.63) is 197 Å². The molecular weight excluding hydrogens is 542 g/mol. The zero-order valence-corrected chi connectivity index (χ0v) is 25.1. The van der Waals surface area contributed by atoms with Crippen LogP contribution in [-0.2, 0) is 6.42 Å². The van der Waals surface area contributed by atoms with Gasteiger partial charge in [-0.2, -0.15) is 0 Å². The van der Waals surface area contributed by atoms with E-state index >= 15 is 0 Å². The molecule has 9 rings (SSSR count). The number of benzene rings is 6. The van der Waals surface area contributed by atoms with E-state index < -0.39 is 0 Å². The zero-order chi connectivity index (χ0) is 29.7. The molecule has 2 atom stereocenters. The van der Waals surface area contributed by atoms with E-state index in [0.29, 0.717) is 5.92 Å². The Morgan fingerprint density at radius 1 is 0.644 bits per heavy atom. The number of allylic oxidation sites excluding steroid dienone is 8. The molecular formula is C44H33N. The second kappa shape index (κ2) is 10.6. The first-order chi connectivity index (χ1) is 22.3. The minimum absolute atomic E-state index is 0.277. The minimum atomic E-state index is 0.277. The van der Waals surface area contributed by atoms with E-state index in [9.17, 15) is 0 Å². The van der Waals surface area contributed by atoms with Crippen LogP contribution in [0.3, 0.4) is 0 Å². The van der Waals surface area contributed by atoms with Crippen LogP contribution < -0.4 is 4.90 Å². The molecule has 0 N–H and O–H groups in total.